The van der Waals surface area contributed by atoms with Gasteiger partial charge < -0.3 is 4.42 Å². The standard InChI is InChI=1S/C14H11N5O3S/c15-8-12(9-16)19-18-11-3-5-14(6-4-11)23(20,21)17-10-13-2-1-7-22-13/h1-7,17-18H,10H2. The Morgan fingerprint density at radius 3 is 2.43 bits per heavy atom. The molecule has 0 atom stereocenters. The Morgan fingerprint density at radius 2 is 1.87 bits per heavy atom. The van der Waals surface area contributed by atoms with Crippen LogP contribution < -0.4 is 10.1 Å². The highest BCUT2D eigenvalue weighted by Gasteiger charge is 2.14. The Hall–Kier alpha value is -3.14. The molecule has 0 saturated carbocycles. The van der Waals surface area contributed by atoms with Crippen LogP contribution in [0.25, 0.3) is 0 Å². The first kappa shape index (κ1) is 16.2. The molecule has 2 N–H and O–H groups in total. The zero-order valence-corrected chi connectivity index (χ0v) is 12.5. The van der Waals surface area contributed by atoms with Crippen molar-refractivity contribution in [3.63, 3.8) is 0 Å². The Kier molecular flexibility index (Phi) is 5.10. The van der Waals surface area contributed by atoms with Crippen molar-refractivity contribution in [2.45, 2.75) is 11.4 Å². The summed E-state index contributed by atoms with van der Waals surface area (Å²) in [7, 11) is -3.67. The third-order valence-electron chi connectivity index (χ3n) is 2.69. The molecule has 0 radical (unpaired) electrons. The minimum absolute atomic E-state index is 0.0489. The van der Waals surface area contributed by atoms with Gasteiger partial charge in [-0.2, -0.15) is 15.6 Å². The summed E-state index contributed by atoms with van der Waals surface area (Å²) in [6, 6.07) is 12.2. The maximum absolute atomic E-state index is 12.1. The van der Waals surface area contributed by atoms with E-state index in [-0.39, 0.29) is 17.2 Å². The van der Waals surface area contributed by atoms with Gasteiger partial charge >= 0.3 is 0 Å². The summed E-state index contributed by atoms with van der Waals surface area (Å²) in [5.74, 6) is 0.502. The second kappa shape index (κ2) is 7.22. The van der Waals surface area contributed by atoms with Gasteiger partial charge in [0.2, 0.25) is 15.7 Å². The van der Waals surface area contributed by atoms with Crippen molar-refractivity contribution in [3.05, 3.63) is 48.4 Å². The van der Waals surface area contributed by atoms with Gasteiger partial charge in [0, 0.05) is 0 Å². The lowest BCUT2D eigenvalue weighted by molar-refractivity contribution is 0.498. The number of hydrazone groups is 1. The third kappa shape index (κ3) is 4.41. The molecule has 2 aromatic rings. The largest absolute Gasteiger partial charge is 0.468 e. The van der Waals surface area contributed by atoms with Crippen LogP contribution in [0.4, 0.5) is 5.69 Å². The lowest BCUT2D eigenvalue weighted by atomic mass is 10.3. The van der Waals surface area contributed by atoms with Gasteiger partial charge in [-0.25, -0.2) is 13.1 Å². The fourth-order valence-corrected chi connectivity index (χ4v) is 2.56. The molecule has 0 bridgehead atoms. The average Bonchev–Trinajstić information content (AvgIpc) is 3.08. The SMILES string of the molecule is N#CC(C#N)=NNc1ccc(S(=O)(=O)NCc2ccco2)cc1. The number of hydrogen-bond acceptors (Lipinski definition) is 7. The Bertz CT molecular complexity index is 856. The molecule has 0 amide bonds. The lowest BCUT2D eigenvalue weighted by Crippen LogP contribution is -2.22. The highest BCUT2D eigenvalue weighted by molar-refractivity contribution is 7.89. The highest BCUT2D eigenvalue weighted by atomic mass is 32.2. The molecule has 23 heavy (non-hydrogen) atoms. The summed E-state index contributed by atoms with van der Waals surface area (Å²) < 4.78 is 31.7. The monoisotopic (exact) mass is 329 g/mol. The fraction of sp³-hybridized carbons (Fsp3) is 0.0714. The maximum Gasteiger partial charge on any atom is 0.240 e. The fourth-order valence-electron chi connectivity index (χ4n) is 1.57. The molecule has 0 unspecified atom stereocenters. The predicted octanol–water partition coefficient (Wildman–Crippen LogP) is 1.57. The molecule has 0 aliphatic carbocycles. The van der Waals surface area contributed by atoms with Crippen LogP contribution in [0.5, 0.6) is 0 Å². The minimum atomic E-state index is -3.67. The first-order valence-corrected chi connectivity index (χ1v) is 7.79. The van der Waals surface area contributed by atoms with Gasteiger partial charge in [0.25, 0.3) is 0 Å². The van der Waals surface area contributed by atoms with E-state index in [9.17, 15) is 8.42 Å². The molecule has 1 heterocycles. The first-order chi connectivity index (χ1) is 11.0. The number of rotatable bonds is 6. The van der Waals surface area contributed by atoms with Gasteiger partial charge in [0.05, 0.1) is 23.4 Å². The average molecular weight is 329 g/mol. The molecule has 0 fully saturated rings. The van der Waals surface area contributed by atoms with Crippen LogP contribution in [0.3, 0.4) is 0 Å². The van der Waals surface area contributed by atoms with Gasteiger partial charge in [-0.1, -0.05) is 0 Å². The van der Waals surface area contributed by atoms with E-state index in [1.807, 2.05) is 0 Å². The van der Waals surface area contributed by atoms with Crippen LogP contribution >= 0.6 is 0 Å². The van der Waals surface area contributed by atoms with Crippen molar-refractivity contribution in [2.24, 2.45) is 5.10 Å². The number of benzene rings is 1. The van der Waals surface area contributed by atoms with Crippen LogP contribution in [0.15, 0.2) is 57.1 Å². The molecule has 0 aliphatic heterocycles. The lowest BCUT2D eigenvalue weighted by Gasteiger charge is -2.06. The van der Waals surface area contributed by atoms with E-state index in [0.29, 0.717) is 11.4 Å². The summed E-state index contributed by atoms with van der Waals surface area (Å²) in [5.41, 5.74) is 2.60. The number of nitriles is 2. The highest BCUT2D eigenvalue weighted by Crippen LogP contribution is 2.14. The van der Waals surface area contributed by atoms with E-state index in [0.717, 1.165) is 0 Å². The molecular formula is C14H11N5O3S. The van der Waals surface area contributed by atoms with Crippen LogP contribution in [0.1, 0.15) is 5.76 Å². The zero-order valence-electron chi connectivity index (χ0n) is 11.7. The molecule has 0 aliphatic rings. The molecule has 8 nitrogen and oxygen atoms in total. The molecule has 0 spiro atoms. The zero-order chi connectivity index (χ0) is 16.7. The molecule has 116 valence electrons. The van der Waals surface area contributed by atoms with Gasteiger partial charge in [-0.15, -0.1) is 0 Å². The van der Waals surface area contributed by atoms with Gasteiger partial charge in [0.15, 0.2) is 0 Å². The van der Waals surface area contributed by atoms with Gasteiger partial charge in [0.1, 0.15) is 17.9 Å². The van der Waals surface area contributed by atoms with E-state index in [1.165, 1.54) is 30.5 Å². The maximum atomic E-state index is 12.1. The van der Waals surface area contributed by atoms with Crippen molar-refractivity contribution in [1.82, 2.24) is 4.72 Å². The number of nitrogens with one attached hydrogen (secondary N) is 2. The van der Waals surface area contributed by atoms with Crippen molar-refractivity contribution in [2.75, 3.05) is 5.43 Å². The minimum Gasteiger partial charge on any atom is -0.468 e. The van der Waals surface area contributed by atoms with E-state index in [1.54, 1.807) is 24.3 Å². The second-order valence-corrected chi connectivity index (χ2v) is 5.99. The number of furan rings is 1. The van der Waals surface area contributed by atoms with Crippen molar-refractivity contribution < 1.29 is 12.8 Å². The van der Waals surface area contributed by atoms with Crippen molar-refractivity contribution in [3.8, 4) is 12.1 Å². The quantitative estimate of drug-likeness (QED) is 0.611. The number of nitrogens with zero attached hydrogens (tertiary/aromatic N) is 3. The van der Waals surface area contributed by atoms with Crippen molar-refractivity contribution in [1.29, 1.82) is 10.5 Å². The van der Waals surface area contributed by atoms with E-state index >= 15 is 0 Å². The molecule has 1 aromatic heterocycles. The summed E-state index contributed by atoms with van der Waals surface area (Å²) >= 11 is 0. The second-order valence-electron chi connectivity index (χ2n) is 4.22. The summed E-state index contributed by atoms with van der Waals surface area (Å²) in [6.45, 7) is 0.0489. The number of sulfonamides is 1. The molecule has 9 heteroatoms. The molecular weight excluding hydrogens is 318 g/mol. The topological polar surface area (TPSA) is 131 Å². The molecule has 0 saturated heterocycles. The van der Waals surface area contributed by atoms with Crippen LogP contribution in [0.2, 0.25) is 0 Å². The van der Waals surface area contributed by atoms with Crippen LogP contribution in [-0.4, -0.2) is 14.1 Å². The summed E-state index contributed by atoms with van der Waals surface area (Å²) in [4.78, 5) is 0.0689. The smallest absolute Gasteiger partial charge is 0.240 e. The first-order valence-electron chi connectivity index (χ1n) is 6.31. The van der Waals surface area contributed by atoms with E-state index in [4.69, 9.17) is 14.9 Å². The summed E-state index contributed by atoms with van der Waals surface area (Å²) in [6.07, 6.45) is 1.46. The third-order valence-corrected chi connectivity index (χ3v) is 4.11. The number of hydrogen-bond donors (Lipinski definition) is 2. The van der Waals surface area contributed by atoms with E-state index < -0.39 is 10.0 Å². The summed E-state index contributed by atoms with van der Waals surface area (Å²) in [5, 5.41) is 20.7. The Balaban J connectivity index is 2.05. The van der Waals surface area contributed by atoms with Crippen LogP contribution in [-0.2, 0) is 16.6 Å². The number of anilines is 1. The van der Waals surface area contributed by atoms with Gasteiger partial charge in [-0.05, 0) is 36.4 Å². The normalized spacial score (nSPS) is 10.3. The van der Waals surface area contributed by atoms with E-state index in [2.05, 4.69) is 15.2 Å². The van der Waals surface area contributed by atoms with Crippen LogP contribution in [0, 0.1) is 22.7 Å². The molecule has 2 rings (SSSR count). The Labute approximate surface area is 132 Å². The van der Waals surface area contributed by atoms with Gasteiger partial charge in [-0.3, -0.25) is 5.43 Å². The molecule has 1 aromatic carbocycles. The Morgan fingerprint density at radius 1 is 1.17 bits per heavy atom. The predicted molar refractivity (Wildman–Crippen MR) is 81.5 cm³/mol. The van der Waals surface area contributed by atoms with Crippen molar-refractivity contribution >= 4 is 21.4 Å².